The summed E-state index contributed by atoms with van der Waals surface area (Å²) in [6, 6.07) is 0. The fourth-order valence-corrected chi connectivity index (χ4v) is 3.54. The molecule has 0 spiro atoms. The van der Waals surface area contributed by atoms with Crippen LogP contribution >= 0.6 is 0 Å². The Morgan fingerprint density at radius 3 is 2.38 bits per heavy atom. The number of carbonyl (C=O) groups is 1. The van der Waals surface area contributed by atoms with E-state index in [1.165, 1.54) is 4.90 Å². The lowest BCUT2D eigenvalue weighted by molar-refractivity contribution is -0.0665. The Balaban J connectivity index is 3.50. The van der Waals surface area contributed by atoms with E-state index >= 15 is 0 Å². The van der Waals surface area contributed by atoms with Crippen LogP contribution in [0.4, 0.5) is 4.79 Å². The highest BCUT2D eigenvalue weighted by Gasteiger charge is 2.62. The summed E-state index contributed by atoms with van der Waals surface area (Å²) in [4.78, 5) is 13.4. The zero-order chi connectivity index (χ0) is 16.5. The Morgan fingerprint density at radius 1 is 1.43 bits per heavy atom. The van der Waals surface area contributed by atoms with E-state index in [1.807, 2.05) is 39.8 Å². The third kappa shape index (κ3) is 2.94. The van der Waals surface area contributed by atoms with E-state index in [0.717, 1.165) is 0 Å². The molecule has 1 aliphatic heterocycles. The van der Waals surface area contributed by atoms with Gasteiger partial charge in [0.2, 0.25) is 0 Å². The lowest BCUT2D eigenvalue weighted by Crippen LogP contribution is -2.64. The van der Waals surface area contributed by atoms with Crippen molar-refractivity contribution in [3.8, 4) is 0 Å². The van der Waals surface area contributed by atoms with Crippen molar-refractivity contribution in [3.05, 3.63) is 12.2 Å². The molecule has 1 amide bonds. The molecule has 1 aliphatic rings. The number of hydrogen-bond acceptors (Lipinski definition) is 3. The maximum atomic E-state index is 12.0. The first kappa shape index (κ1) is 18.0. The molecule has 5 heteroatoms. The van der Waals surface area contributed by atoms with Crippen LogP contribution in [0.1, 0.15) is 48.0 Å². The molecule has 1 heterocycles. The molecule has 0 aliphatic carbocycles. The van der Waals surface area contributed by atoms with Crippen molar-refractivity contribution in [3.63, 3.8) is 0 Å². The zero-order valence-corrected chi connectivity index (χ0v) is 14.0. The second kappa shape index (κ2) is 5.97. The number of nitrogens with zero attached hydrogens (tertiary/aromatic N) is 1. The normalized spacial score (nSPS) is 27.3. The molecular weight excluding hydrogens is 270 g/mol. The third-order valence-corrected chi connectivity index (χ3v) is 4.55. The lowest BCUT2D eigenvalue weighted by Gasteiger charge is -2.51. The largest absolute Gasteiger partial charge is 0.465 e. The van der Waals surface area contributed by atoms with Crippen molar-refractivity contribution in [2.75, 3.05) is 13.2 Å². The smallest absolute Gasteiger partial charge is 0.410 e. The molecule has 2 atom stereocenters. The molecule has 0 unspecified atom stereocenters. The topological polar surface area (TPSA) is 70.0 Å². The molecule has 2 N–H and O–H groups in total. The first-order valence-corrected chi connectivity index (χ1v) is 7.45. The molecule has 0 bridgehead atoms. The van der Waals surface area contributed by atoms with Crippen molar-refractivity contribution >= 4 is 6.09 Å². The van der Waals surface area contributed by atoms with Gasteiger partial charge in [0, 0.05) is 12.5 Å². The van der Waals surface area contributed by atoms with Crippen LogP contribution in [0.15, 0.2) is 12.2 Å². The van der Waals surface area contributed by atoms with Crippen LogP contribution in [0.3, 0.4) is 0 Å². The van der Waals surface area contributed by atoms with Gasteiger partial charge in [-0.3, -0.25) is 4.90 Å². The molecule has 0 aromatic heterocycles. The zero-order valence-electron chi connectivity index (χ0n) is 14.0. The van der Waals surface area contributed by atoms with Gasteiger partial charge in [-0.25, -0.2) is 4.79 Å². The second-order valence-electron chi connectivity index (χ2n) is 7.17. The standard InChI is InChI=1S/C16H29NO4/c1-7-8-12(9-10-18)16(14(2,3)4)11-21-15(5,6)17(16)13(19)20/h7-8,12,18H,9-11H2,1-6H3,(H,19,20)/t12-,16+/m1/s1. The summed E-state index contributed by atoms with van der Waals surface area (Å²) in [5.41, 5.74) is -1.93. The lowest BCUT2D eigenvalue weighted by atomic mass is 9.64. The predicted octanol–water partition coefficient (Wildman–Crippen LogP) is 3.09. The van der Waals surface area contributed by atoms with Gasteiger partial charge in [0.15, 0.2) is 0 Å². The maximum Gasteiger partial charge on any atom is 0.410 e. The van der Waals surface area contributed by atoms with E-state index in [-0.39, 0.29) is 17.9 Å². The Hall–Kier alpha value is -1.07. The van der Waals surface area contributed by atoms with Gasteiger partial charge in [-0.15, -0.1) is 0 Å². The van der Waals surface area contributed by atoms with Crippen molar-refractivity contribution < 1.29 is 19.7 Å². The van der Waals surface area contributed by atoms with Crippen LogP contribution < -0.4 is 0 Å². The Kier molecular flexibility index (Phi) is 5.11. The number of aliphatic hydroxyl groups excluding tert-OH is 1. The summed E-state index contributed by atoms with van der Waals surface area (Å²) in [5.74, 6) is -0.106. The van der Waals surface area contributed by atoms with Crippen molar-refractivity contribution in [1.29, 1.82) is 0 Å². The van der Waals surface area contributed by atoms with Crippen LogP contribution in [0.25, 0.3) is 0 Å². The molecule has 122 valence electrons. The Bertz CT molecular complexity index is 411. The van der Waals surface area contributed by atoms with Crippen LogP contribution in [0.2, 0.25) is 0 Å². The summed E-state index contributed by atoms with van der Waals surface area (Å²) in [6.45, 7) is 11.9. The molecule has 1 rings (SSSR count). The van der Waals surface area contributed by atoms with Crippen LogP contribution in [-0.4, -0.2) is 45.7 Å². The van der Waals surface area contributed by atoms with Crippen LogP contribution in [0.5, 0.6) is 0 Å². The van der Waals surface area contributed by atoms with E-state index < -0.39 is 17.4 Å². The minimum atomic E-state index is -0.986. The molecule has 0 radical (unpaired) electrons. The minimum Gasteiger partial charge on any atom is -0.465 e. The fraction of sp³-hybridized carbons (Fsp3) is 0.812. The fourth-order valence-electron chi connectivity index (χ4n) is 3.54. The summed E-state index contributed by atoms with van der Waals surface area (Å²) < 4.78 is 5.86. The van der Waals surface area contributed by atoms with Gasteiger partial charge < -0.3 is 14.9 Å². The molecule has 21 heavy (non-hydrogen) atoms. The second-order valence-corrected chi connectivity index (χ2v) is 7.17. The summed E-state index contributed by atoms with van der Waals surface area (Å²) in [5, 5.41) is 19.2. The molecule has 1 fully saturated rings. The summed E-state index contributed by atoms with van der Waals surface area (Å²) in [7, 11) is 0. The molecule has 1 saturated heterocycles. The van der Waals surface area contributed by atoms with Gasteiger partial charge in [0.25, 0.3) is 0 Å². The molecule has 0 saturated carbocycles. The molecule has 5 nitrogen and oxygen atoms in total. The van der Waals surface area contributed by atoms with Crippen LogP contribution in [-0.2, 0) is 4.74 Å². The molecule has 0 aromatic carbocycles. The van der Waals surface area contributed by atoms with Gasteiger partial charge in [0.05, 0.1) is 12.1 Å². The van der Waals surface area contributed by atoms with E-state index in [1.54, 1.807) is 13.8 Å². The summed E-state index contributed by atoms with van der Waals surface area (Å²) in [6.07, 6.45) is 3.42. The van der Waals surface area contributed by atoms with E-state index in [0.29, 0.717) is 13.0 Å². The third-order valence-electron chi connectivity index (χ3n) is 4.55. The highest BCUT2D eigenvalue weighted by Crippen LogP contribution is 2.51. The summed E-state index contributed by atoms with van der Waals surface area (Å²) >= 11 is 0. The quantitative estimate of drug-likeness (QED) is 0.783. The number of ether oxygens (including phenoxy) is 1. The van der Waals surface area contributed by atoms with Gasteiger partial charge in [-0.05, 0) is 32.6 Å². The molecule has 0 aromatic rings. The van der Waals surface area contributed by atoms with Gasteiger partial charge >= 0.3 is 6.09 Å². The average molecular weight is 299 g/mol. The maximum absolute atomic E-state index is 12.0. The number of aliphatic hydroxyl groups is 1. The number of rotatable bonds is 4. The highest BCUT2D eigenvalue weighted by molar-refractivity contribution is 5.68. The van der Waals surface area contributed by atoms with E-state index in [9.17, 15) is 15.0 Å². The number of amides is 1. The predicted molar refractivity (Wildman–Crippen MR) is 82.1 cm³/mol. The average Bonchev–Trinajstić information content (AvgIpc) is 2.61. The monoisotopic (exact) mass is 299 g/mol. The van der Waals surface area contributed by atoms with Crippen molar-refractivity contribution in [2.45, 2.75) is 59.2 Å². The minimum absolute atomic E-state index is 0.0146. The first-order chi connectivity index (χ1) is 9.54. The van der Waals surface area contributed by atoms with Crippen molar-refractivity contribution in [2.24, 2.45) is 11.3 Å². The van der Waals surface area contributed by atoms with Gasteiger partial charge in [-0.1, -0.05) is 32.9 Å². The SMILES string of the molecule is CC=C[C@H](CCO)[C@]1(C(C)(C)C)COC(C)(C)N1C(=O)O. The first-order valence-electron chi connectivity index (χ1n) is 7.45. The van der Waals surface area contributed by atoms with Crippen LogP contribution in [0, 0.1) is 11.3 Å². The van der Waals surface area contributed by atoms with Gasteiger partial charge in [0.1, 0.15) is 5.72 Å². The number of hydrogen-bond donors (Lipinski definition) is 2. The van der Waals surface area contributed by atoms with E-state index in [2.05, 4.69) is 0 Å². The number of allylic oxidation sites excluding steroid dienone is 1. The Labute approximate surface area is 127 Å². The molecular formula is C16H29NO4. The highest BCUT2D eigenvalue weighted by atomic mass is 16.5. The Morgan fingerprint density at radius 2 is 2.00 bits per heavy atom. The number of carboxylic acid groups (broad SMARTS) is 1. The van der Waals surface area contributed by atoms with Gasteiger partial charge in [-0.2, -0.15) is 0 Å². The van der Waals surface area contributed by atoms with Crippen molar-refractivity contribution in [1.82, 2.24) is 4.90 Å². The van der Waals surface area contributed by atoms with E-state index in [4.69, 9.17) is 4.74 Å².